The number of hydrogen-bond acceptors (Lipinski definition) is 3. The highest BCUT2D eigenvalue weighted by Gasteiger charge is 2.15. The lowest BCUT2D eigenvalue weighted by Gasteiger charge is -2.11. The van der Waals surface area contributed by atoms with Crippen LogP contribution in [0.4, 0.5) is 10.1 Å². The Hall–Kier alpha value is -2.85. The van der Waals surface area contributed by atoms with Crippen LogP contribution in [0.2, 0.25) is 0 Å². The van der Waals surface area contributed by atoms with Gasteiger partial charge in [0, 0.05) is 23.2 Å². The Morgan fingerprint density at radius 1 is 1.22 bits per heavy atom. The fourth-order valence-electron chi connectivity index (χ4n) is 3.00. The molecule has 0 spiro atoms. The van der Waals surface area contributed by atoms with E-state index in [2.05, 4.69) is 4.72 Å². The van der Waals surface area contributed by atoms with Gasteiger partial charge in [0.25, 0.3) is 0 Å². The Morgan fingerprint density at radius 3 is 2.56 bits per heavy atom. The fraction of sp³-hybridized carbons (Fsp3) is 0.250. The summed E-state index contributed by atoms with van der Waals surface area (Å²) in [6, 6.07) is 11.8. The minimum Gasteiger partial charge on any atom is -0.344 e. The van der Waals surface area contributed by atoms with Crippen molar-refractivity contribution in [1.29, 1.82) is 5.26 Å². The van der Waals surface area contributed by atoms with Crippen LogP contribution < -0.4 is 4.72 Å². The zero-order valence-corrected chi connectivity index (χ0v) is 16.1. The summed E-state index contributed by atoms with van der Waals surface area (Å²) in [7, 11) is -3.37. The van der Waals surface area contributed by atoms with E-state index >= 15 is 0 Å². The number of sulfonamides is 1. The van der Waals surface area contributed by atoms with E-state index in [1.54, 1.807) is 25.1 Å². The monoisotopic (exact) mass is 385 g/mol. The van der Waals surface area contributed by atoms with Gasteiger partial charge in [0.15, 0.2) is 0 Å². The van der Waals surface area contributed by atoms with Crippen LogP contribution in [0.25, 0.3) is 22.0 Å². The third kappa shape index (κ3) is 3.67. The zero-order chi connectivity index (χ0) is 19.8. The van der Waals surface area contributed by atoms with Gasteiger partial charge in [-0.15, -0.1) is 0 Å². The smallest absolute Gasteiger partial charge is 0.232 e. The topological polar surface area (TPSA) is 74.9 Å². The predicted molar refractivity (Wildman–Crippen MR) is 106 cm³/mol. The molecule has 3 aromatic rings. The summed E-state index contributed by atoms with van der Waals surface area (Å²) in [6.07, 6.45) is 1.92. The second-order valence-corrected chi connectivity index (χ2v) is 8.60. The van der Waals surface area contributed by atoms with Crippen LogP contribution in [0, 0.1) is 17.1 Å². The summed E-state index contributed by atoms with van der Waals surface area (Å²) in [5.41, 5.74) is 2.83. The summed E-state index contributed by atoms with van der Waals surface area (Å²) in [6.45, 7) is 5.62. The van der Waals surface area contributed by atoms with Crippen molar-refractivity contribution in [2.75, 3.05) is 10.5 Å². The Morgan fingerprint density at radius 2 is 1.96 bits per heavy atom. The van der Waals surface area contributed by atoms with E-state index in [1.165, 1.54) is 12.1 Å². The first-order valence-corrected chi connectivity index (χ1v) is 10.3. The average Bonchev–Trinajstić information content (AvgIpc) is 3.00. The standard InChI is InChI=1S/C20H20FN3O2S/c1-4-27(25,26)23-16-7-8-17-18(12-24(13(2)3)20(17)10-16)14-5-6-15(11-22)19(21)9-14/h5-10,12-13,23H,4H2,1-3H3. The van der Waals surface area contributed by atoms with Crippen molar-refractivity contribution in [3.8, 4) is 17.2 Å². The molecule has 7 heteroatoms. The first-order chi connectivity index (χ1) is 12.8. The molecule has 0 aliphatic rings. The molecule has 1 aromatic heterocycles. The van der Waals surface area contributed by atoms with E-state index in [4.69, 9.17) is 5.26 Å². The molecule has 0 radical (unpaired) electrons. The third-order valence-corrected chi connectivity index (χ3v) is 5.75. The molecular formula is C20H20FN3O2S. The van der Waals surface area contributed by atoms with Crippen LogP contribution in [0.15, 0.2) is 42.6 Å². The van der Waals surface area contributed by atoms with E-state index in [9.17, 15) is 12.8 Å². The number of nitrogens with one attached hydrogen (secondary N) is 1. The average molecular weight is 385 g/mol. The predicted octanol–water partition coefficient (Wildman–Crippen LogP) is 4.66. The van der Waals surface area contributed by atoms with Crippen molar-refractivity contribution in [3.63, 3.8) is 0 Å². The maximum absolute atomic E-state index is 14.1. The number of nitriles is 1. The Balaban J connectivity index is 2.18. The number of halogens is 1. The zero-order valence-electron chi connectivity index (χ0n) is 15.3. The molecule has 1 N–H and O–H groups in total. The molecular weight excluding hydrogens is 365 g/mol. The normalized spacial score (nSPS) is 11.7. The Bertz CT molecular complexity index is 1160. The highest BCUT2D eigenvalue weighted by Crippen LogP contribution is 2.35. The van der Waals surface area contributed by atoms with Gasteiger partial charge in [-0.05, 0) is 50.6 Å². The molecule has 1 heterocycles. The van der Waals surface area contributed by atoms with Gasteiger partial charge < -0.3 is 4.57 Å². The molecule has 0 atom stereocenters. The molecule has 0 fully saturated rings. The van der Waals surface area contributed by atoms with E-state index in [1.807, 2.05) is 36.7 Å². The van der Waals surface area contributed by atoms with Crippen LogP contribution >= 0.6 is 0 Å². The van der Waals surface area contributed by atoms with Gasteiger partial charge in [0.1, 0.15) is 11.9 Å². The summed E-state index contributed by atoms with van der Waals surface area (Å²) in [4.78, 5) is 0. The third-order valence-electron chi connectivity index (χ3n) is 4.44. The summed E-state index contributed by atoms with van der Waals surface area (Å²) >= 11 is 0. The largest absolute Gasteiger partial charge is 0.344 e. The molecule has 0 saturated carbocycles. The van der Waals surface area contributed by atoms with Crippen LogP contribution in [0.1, 0.15) is 32.4 Å². The quantitative estimate of drug-likeness (QED) is 0.694. The maximum Gasteiger partial charge on any atom is 0.232 e. The first kappa shape index (κ1) is 18.9. The lowest BCUT2D eigenvalue weighted by molar-refractivity contribution is 0.602. The molecule has 2 aromatic carbocycles. The SMILES string of the molecule is CCS(=O)(=O)Nc1ccc2c(-c3ccc(C#N)c(F)c3)cn(C(C)C)c2c1. The molecule has 0 aliphatic heterocycles. The number of aromatic nitrogens is 1. The van der Waals surface area contributed by atoms with E-state index in [-0.39, 0.29) is 17.4 Å². The second-order valence-electron chi connectivity index (χ2n) is 6.59. The van der Waals surface area contributed by atoms with Crippen molar-refractivity contribution in [2.24, 2.45) is 0 Å². The highest BCUT2D eigenvalue weighted by molar-refractivity contribution is 7.92. The number of anilines is 1. The van der Waals surface area contributed by atoms with Gasteiger partial charge in [-0.25, -0.2) is 12.8 Å². The van der Waals surface area contributed by atoms with Crippen LogP contribution in [-0.2, 0) is 10.0 Å². The molecule has 0 amide bonds. The molecule has 0 saturated heterocycles. The molecule has 5 nitrogen and oxygen atoms in total. The molecule has 3 rings (SSSR count). The van der Waals surface area contributed by atoms with Crippen LogP contribution in [-0.4, -0.2) is 18.7 Å². The number of hydrogen-bond donors (Lipinski definition) is 1. The van der Waals surface area contributed by atoms with E-state index in [0.717, 1.165) is 16.5 Å². The van der Waals surface area contributed by atoms with Gasteiger partial charge in [-0.2, -0.15) is 5.26 Å². The highest BCUT2D eigenvalue weighted by atomic mass is 32.2. The summed E-state index contributed by atoms with van der Waals surface area (Å²) in [5, 5.41) is 9.80. The lowest BCUT2D eigenvalue weighted by Crippen LogP contribution is -2.14. The number of fused-ring (bicyclic) bond motifs is 1. The Labute approximate surface area is 158 Å². The van der Waals surface area contributed by atoms with E-state index in [0.29, 0.717) is 11.3 Å². The molecule has 140 valence electrons. The van der Waals surface area contributed by atoms with Crippen molar-refractivity contribution in [3.05, 3.63) is 54.0 Å². The summed E-state index contributed by atoms with van der Waals surface area (Å²) < 4.78 is 42.4. The van der Waals surface area contributed by atoms with Gasteiger partial charge in [0.2, 0.25) is 10.0 Å². The van der Waals surface area contributed by atoms with Gasteiger partial charge in [-0.1, -0.05) is 12.1 Å². The lowest BCUT2D eigenvalue weighted by atomic mass is 10.0. The maximum atomic E-state index is 14.1. The van der Waals surface area contributed by atoms with Crippen LogP contribution in [0.5, 0.6) is 0 Å². The first-order valence-electron chi connectivity index (χ1n) is 8.61. The number of benzene rings is 2. The van der Waals surface area contributed by atoms with Gasteiger partial charge >= 0.3 is 0 Å². The molecule has 0 unspecified atom stereocenters. The molecule has 0 aliphatic carbocycles. The fourth-order valence-corrected chi connectivity index (χ4v) is 3.63. The second kappa shape index (κ2) is 7.05. The summed E-state index contributed by atoms with van der Waals surface area (Å²) in [5.74, 6) is -0.570. The van der Waals surface area contributed by atoms with Crippen molar-refractivity contribution in [2.45, 2.75) is 26.8 Å². The van der Waals surface area contributed by atoms with Gasteiger partial charge in [0.05, 0.1) is 22.5 Å². The van der Waals surface area contributed by atoms with E-state index < -0.39 is 15.8 Å². The Kier molecular flexibility index (Phi) is 4.94. The number of rotatable bonds is 5. The van der Waals surface area contributed by atoms with Crippen molar-refractivity contribution < 1.29 is 12.8 Å². The number of nitrogens with zero attached hydrogens (tertiary/aromatic N) is 2. The van der Waals surface area contributed by atoms with Crippen LogP contribution in [0.3, 0.4) is 0 Å². The molecule has 0 bridgehead atoms. The molecule has 27 heavy (non-hydrogen) atoms. The van der Waals surface area contributed by atoms with Crippen molar-refractivity contribution in [1.82, 2.24) is 4.57 Å². The van der Waals surface area contributed by atoms with Gasteiger partial charge in [-0.3, -0.25) is 4.72 Å². The minimum absolute atomic E-state index is 0.00241. The minimum atomic E-state index is -3.37. The van der Waals surface area contributed by atoms with Crippen molar-refractivity contribution >= 4 is 26.6 Å².